The molecule has 2 aromatic carbocycles. The minimum absolute atomic E-state index is 0.0652. The Hall–Kier alpha value is -2.29. The van der Waals surface area contributed by atoms with Gasteiger partial charge in [-0.25, -0.2) is 0 Å². The second-order valence-electron chi connectivity index (χ2n) is 6.11. The van der Waals surface area contributed by atoms with Crippen LogP contribution in [0.25, 0.3) is 0 Å². The number of benzene rings is 2. The summed E-state index contributed by atoms with van der Waals surface area (Å²) >= 11 is 0. The quantitative estimate of drug-likeness (QED) is 0.840. The zero-order valence-electron chi connectivity index (χ0n) is 12.9. The number of carbonyl (C=O) groups excluding carboxylic acids is 1. The van der Waals surface area contributed by atoms with Crippen LogP contribution in [0.4, 0.5) is 11.4 Å². The fraction of sp³-hybridized carbons (Fsp3) is 0.316. The third-order valence-corrected chi connectivity index (χ3v) is 4.46. The van der Waals surface area contributed by atoms with E-state index < -0.39 is 0 Å². The van der Waals surface area contributed by atoms with E-state index in [2.05, 4.69) is 29.6 Å². The lowest BCUT2D eigenvalue weighted by Gasteiger charge is -2.25. The summed E-state index contributed by atoms with van der Waals surface area (Å²) in [6.07, 6.45) is 3.90. The van der Waals surface area contributed by atoms with E-state index in [4.69, 9.17) is 5.73 Å². The van der Waals surface area contributed by atoms with Crippen molar-refractivity contribution in [3.05, 3.63) is 59.2 Å². The number of hydrogen-bond donors (Lipinski definition) is 2. The lowest BCUT2D eigenvalue weighted by molar-refractivity contribution is -0.116. The first-order chi connectivity index (χ1) is 10.6. The fourth-order valence-electron chi connectivity index (χ4n) is 3.27. The molecule has 1 aliphatic carbocycles. The standard InChI is InChI=1S/C19H22N2O/c1-13-9-10-16(20)12-18(13)21-19(22)11-15-7-4-6-14-5-2-3-8-17(14)15/h2-3,5,8-10,12,15H,4,6-7,11,20H2,1H3,(H,21,22). The molecule has 0 saturated carbocycles. The van der Waals surface area contributed by atoms with E-state index in [9.17, 15) is 4.79 Å². The highest BCUT2D eigenvalue weighted by atomic mass is 16.1. The van der Waals surface area contributed by atoms with Crippen molar-refractivity contribution in [3.8, 4) is 0 Å². The number of fused-ring (bicyclic) bond motifs is 1. The second-order valence-corrected chi connectivity index (χ2v) is 6.11. The molecule has 0 spiro atoms. The van der Waals surface area contributed by atoms with Crippen LogP contribution in [-0.2, 0) is 11.2 Å². The van der Waals surface area contributed by atoms with E-state index in [1.807, 2.05) is 25.1 Å². The molecule has 0 bridgehead atoms. The van der Waals surface area contributed by atoms with E-state index in [-0.39, 0.29) is 5.91 Å². The third-order valence-electron chi connectivity index (χ3n) is 4.46. The molecule has 3 heteroatoms. The fourth-order valence-corrected chi connectivity index (χ4v) is 3.27. The molecule has 114 valence electrons. The maximum Gasteiger partial charge on any atom is 0.224 e. The van der Waals surface area contributed by atoms with Crippen LogP contribution in [0.5, 0.6) is 0 Å². The van der Waals surface area contributed by atoms with E-state index in [1.165, 1.54) is 11.1 Å². The Kier molecular flexibility index (Phi) is 4.14. The van der Waals surface area contributed by atoms with Crippen LogP contribution >= 0.6 is 0 Å². The Balaban J connectivity index is 1.72. The highest BCUT2D eigenvalue weighted by molar-refractivity contribution is 5.92. The normalized spacial score (nSPS) is 16.9. The van der Waals surface area contributed by atoms with Gasteiger partial charge in [0.15, 0.2) is 0 Å². The number of carbonyl (C=O) groups is 1. The number of nitrogens with one attached hydrogen (secondary N) is 1. The van der Waals surface area contributed by atoms with Crippen LogP contribution in [-0.4, -0.2) is 5.91 Å². The molecule has 0 aromatic heterocycles. The van der Waals surface area contributed by atoms with Crippen molar-refractivity contribution >= 4 is 17.3 Å². The van der Waals surface area contributed by atoms with Gasteiger partial charge in [0.2, 0.25) is 5.91 Å². The average Bonchev–Trinajstić information content (AvgIpc) is 2.51. The van der Waals surface area contributed by atoms with Crippen LogP contribution < -0.4 is 11.1 Å². The first-order valence-corrected chi connectivity index (χ1v) is 7.87. The van der Waals surface area contributed by atoms with Gasteiger partial charge in [0.25, 0.3) is 0 Å². The molecule has 0 heterocycles. The Morgan fingerprint density at radius 3 is 2.95 bits per heavy atom. The lowest BCUT2D eigenvalue weighted by Crippen LogP contribution is -2.19. The predicted molar refractivity (Wildman–Crippen MR) is 91.0 cm³/mol. The Morgan fingerprint density at radius 1 is 1.27 bits per heavy atom. The van der Waals surface area contributed by atoms with E-state index >= 15 is 0 Å². The lowest BCUT2D eigenvalue weighted by atomic mass is 9.81. The molecule has 1 atom stereocenters. The Labute approximate surface area is 131 Å². The molecule has 1 amide bonds. The molecule has 0 radical (unpaired) electrons. The number of hydrogen-bond acceptors (Lipinski definition) is 2. The van der Waals surface area contributed by atoms with Gasteiger partial charge in [-0.05, 0) is 60.9 Å². The Bertz CT molecular complexity index is 694. The van der Waals surface area contributed by atoms with Gasteiger partial charge in [-0.3, -0.25) is 4.79 Å². The molecule has 1 unspecified atom stereocenters. The topological polar surface area (TPSA) is 55.1 Å². The number of anilines is 2. The number of amides is 1. The minimum Gasteiger partial charge on any atom is -0.399 e. The molecular weight excluding hydrogens is 272 g/mol. The summed E-state index contributed by atoms with van der Waals surface area (Å²) in [7, 11) is 0. The predicted octanol–water partition coefficient (Wildman–Crippen LogP) is 4.03. The van der Waals surface area contributed by atoms with Crippen molar-refractivity contribution in [1.82, 2.24) is 0 Å². The summed E-state index contributed by atoms with van der Waals surface area (Å²) in [4.78, 5) is 12.4. The summed E-state index contributed by atoms with van der Waals surface area (Å²) in [6, 6.07) is 14.1. The first-order valence-electron chi connectivity index (χ1n) is 7.87. The van der Waals surface area contributed by atoms with Gasteiger partial charge in [0.1, 0.15) is 0 Å². The first kappa shape index (κ1) is 14.6. The summed E-state index contributed by atoms with van der Waals surface area (Å²) < 4.78 is 0. The molecule has 22 heavy (non-hydrogen) atoms. The molecular formula is C19H22N2O. The maximum absolute atomic E-state index is 12.4. The van der Waals surface area contributed by atoms with Crippen molar-refractivity contribution in [3.63, 3.8) is 0 Å². The van der Waals surface area contributed by atoms with Gasteiger partial charge in [0, 0.05) is 17.8 Å². The van der Waals surface area contributed by atoms with Gasteiger partial charge < -0.3 is 11.1 Å². The van der Waals surface area contributed by atoms with Crippen LogP contribution in [0.15, 0.2) is 42.5 Å². The van der Waals surface area contributed by atoms with Crippen molar-refractivity contribution < 1.29 is 4.79 Å². The van der Waals surface area contributed by atoms with E-state index in [1.54, 1.807) is 0 Å². The molecule has 0 aliphatic heterocycles. The van der Waals surface area contributed by atoms with Crippen LogP contribution in [0, 0.1) is 6.92 Å². The number of nitrogen functional groups attached to an aromatic ring is 1. The molecule has 3 N–H and O–H groups in total. The highest BCUT2D eigenvalue weighted by Crippen LogP contribution is 2.34. The zero-order chi connectivity index (χ0) is 15.5. The minimum atomic E-state index is 0.0652. The van der Waals surface area contributed by atoms with Crippen molar-refractivity contribution in [2.24, 2.45) is 0 Å². The van der Waals surface area contributed by atoms with Crippen LogP contribution in [0.3, 0.4) is 0 Å². The van der Waals surface area contributed by atoms with Crippen LogP contribution in [0.1, 0.15) is 41.9 Å². The summed E-state index contributed by atoms with van der Waals surface area (Å²) in [5.74, 6) is 0.390. The maximum atomic E-state index is 12.4. The van der Waals surface area contributed by atoms with Crippen LogP contribution in [0.2, 0.25) is 0 Å². The monoisotopic (exact) mass is 294 g/mol. The second kappa shape index (κ2) is 6.22. The third kappa shape index (κ3) is 3.14. The SMILES string of the molecule is Cc1ccc(N)cc1NC(=O)CC1CCCc2ccccc21. The number of rotatable bonds is 3. The van der Waals surface area contributed by atoms with Gasteiger partial charge in [-0.15, -0.1) is 0 Å². The molecule has 0 fully saturated rings. The molecule has 3 nitrogen and oxygen atoms in total. The van der Waals surface area contributed by atoms with Gasteiger partial charge in [-0.2, -0.15) is 0 Å². The summed E-state index contributed by atoms with van der Waals surface area (Å²) in [5, 5.41) is 3.01. The van der Waals surface area contributed by atoms with Crippen molar-refractivity contribution in [2.45, 2.75) is 38.5 Å². The van der Waals surface area contributed by atoms with Gasteiger partial charge in [-0.1, -0.05) is 30.3 Å². The number of nitrogens with two attached hydrogens (primary N) is 1. The summed E-state index contributed by atoms with van der Waals surface area (Å²) in [5.41, 5.74) is 11.1. The molecule has 3 rings (SSSR count). The van der Waals surface area contributed by atoms with E-state index in [0.29, 0.717) is 18.0 Å². The smallest absolute Gasteiger partial charge is 0.224 e. The van der Waals surface area contributed by atoms with Crippen molar-refractivity contribution in [2.75, 3.05) is 11.1 Å². The Morgan fingerprint density at radius 2 is 2.09 bits per heavy atom. The van der Waals surface area contributed by atoms with E-state index in [0.717, 1.165) is 30.5 Å². The zero-order valence-corrected chi connectivity index (χ0v) is 12.9. The van der Waals surface area contributed by atoms with Crippen molar-refractivity contribution in [1.29, 1.82) is 0 Å². The highest BCUT2D eigenvalue weighted by Gasteiger charge is 2.22. The van der Waals surface area contributed by atoms with Gasteiger partial charge in [0.05, 0.1) is 0 Å². The number of aryl methyl sites for hydroxylation is 2. The largest absolute Gasteiger partial charge is 0.399 e. The molecule has 1 aliphatic rings. The van der Waals surface area contributed by atoms with Gasteiger partial charge >= 0.3 is 0 Å². The average molecular weight is 294 g/mol. The molecule has 0 saturated heterocycles. The summed E-state index contributed by atoms with van der Waals surface area (Å²) in [6.45, 7) is 1.98. The molecule has 2 aromatic rings.